The maximum atomic E-state index is 13.4. The second-order valence-corrected chi connectivity index (χ2v) is 9.39. The van der Waals surface area contributed by atoms with Crippen molar-refractivity contribution in [2.45, 2.75) is 30.5 Å². The average Bonchev–Trinajstić information content (AvgIpc) is 3.24. The molecule has 7 nitrogen and oxygen atoms in total. The van der Waals surface area contributed by atoms with E-state index >= 15 is 0 Å². The number of amides is 1. The van der Waals surface area contributed by atoms with Crippen molar-refractivity contribution in [1.82, 2.24) is 15.0 Å². The Hall–Kier alpha value is -3.65. The number of thioether (sulfide) groups is 1. The number of nitrogens with two attached hydrogens (primary N) is 2. The third-order valence-corrected chi connectivity index (χ3v) is 6.94. The van der Waals surface area contributed by atoms with E-state index in [-0.39, 0.29) is 35.3 Å². The van der Waals surface area contributed by atoms with E-state index < -0.39 is 0 Å². The first kappa shape index (κ1) is 22.2. The van der Waals surface area contributed by atoms with Crippen molar-refractivity contribution < 1.29 is 4.79 Å². The standard InChI is InChI=1S/C26H26N6OS/c27-21-15-22(28)30-26(29-21)34-16-23(33)32-25(18-10-5-2-6-11-18)20-13-7-12-19(24(20)31-32)14-17-8-3-1-4-9-17/h1-6,8-11,14-15,20,25H,7,12-13,16H2,(H4,27,28,29,30). The highest BCUT2D eigenvalue weighted by atomic mass is 32.2. The molecule has 0 saturated heterocycles. The number of carbonyl (C=O) groups excluding carboxylic acids is 1. The van der Waals surface area contributed by atoms with Crippen LogP contribution < -0.4 is 11.5 Å². The zero-order valence-corrected chi connectivity index (χ0v) is 19.5. The summed E-state index contributed by atoms with van der Waals surface area (Å²) < 4.78 is 0. The van der Waals surface area contributed by atoms with Gasteiger partial charge in [0.15, 0.2) is 5.16 Å². The Bertz CT molecular complexity index is 1220. The fourth-order valence-electron chi connectivity index (χ4n) is 4.66. The Morgan fingerprint density at radius 1 is 1.03 bits per heavy atom. The molecule has 1 aromatic heterocycles. The van der Waals surface area contributed by atoms with Gasteiger partial charge >= 0.3 is 0 Å². The lowest BCUT2D eigenvalue weighted by Crippen LogP contribution is -2.32. The summed E-state index contributed by atoms with van der Waals surface area (Å²) in [5, 5.41) is 6.98. The van der Waals surface area contributed by atoms with E-state index in [1.165, 1.54) is 23.4 Å². The summed E-state index contributed by atoms with van der Waals surface area (Å²) in [7, 11) is 0. The first-order valence-electron chi connectivity index (χ1n) is 11.3. The van der Waals surface area contributed by atoms with Gasteiger partial charge in [0, 0.05) is 12.0 Å². The molecule has 3 aromatic rings. The van der Waals surface area contributed by atoms with Crippen LogP contribution in [0.1, 0.15) is 36.4 Å². The van der Waals surface area contributed by atoms with Gasteiger partial charge in [0.2, 0.25) is 0 Å². The Morgan fingerprint density at radius 3 is 2.41 bits per heavy atom. The number of hydrazone groups is 1. The molecular formula is C26H26N6OS. The number of hydrogen-bond donors (Lipinski definition) is 2. The van der Waals surface area contributed by atoms with Gasteiger partial charge < -0.3 is 11.5 Å². The Labute approximate surface area is 203 Å². The molecule has 1 aliphatic carbocycles. The quantitative estimate of drug-likeness (QED) is 0.418. The first-order valence-corrected chi connectivity index (χ1v) is 12.3. The molecule has 4 N–H and O–H groups in total. The monoisotopic (exact) mass is 470 g/mol. The molecule has 2 aliphatic rings. The molecule has 2 aromatic carbocycles. The van der Waals surface area contributed by atoms with Crippen LogP contribution in [-0.2, 0) is 4.79 Å². The van der Waals surface area contributed by atoms with Crippen LogP contribution >= 0.6 is 11.8 Å². The molecular weight excluding hydrogens is 444 g/mol. The molecule has 1 saturated carbocycles. The summed E-state index contributed by atoms with van der Waals surface area (Å²) in [4.78, 5) is 21.8. The van der Waals surface area contributed by atoms with Gasteiger partial charge in [0.1, 0.15) is 11.6 Å². The maximum absolute atomic E-state index is 13.4. The Balaban J connectivity index is 1.45. The number of aromatic nitrogens is 2. The zero-order valence-electron chi connectivity index (χ0n) is 18.7. The second kappa shape index (κ2) is 9.69. The van der Waals surface area contributed by atoms with Crippen LogP contribution in [0.2, 0.25) is 0 Å². The average molecular weight is 471 g/mol. The van der Waals surface area contributed by atoms with Crippen LogP contribution in [0.25, 0.3) is 6.08 Å². The number of hydrogen-bond acceptors (Lipinski definition) is 7. The molecule has 2 heterocycles. The number of nitrogen functional groups attached to an aromatic ring is 2. The fourth-order valence-corrected chi connectivity index (χ4v) is 5.38. The molecule has 0 spiro atoms. The summed E-state index contributed by atoms with van der Waals surface area (Å²) in [6.45, 7) is 0. The van der Waals surface area contributed by atoms with Crippen molar-refractivity contribution >= 4 is 41.1 Å². The first-order chi connectivity index (χ1) is 16.6. The largest absolute Gasteiger partial charge is 0.383 e. The van der Waals surface area contributed by atoms with Crippen LogP contribution in [0, 0.1) is 5.92 Å². The van der Waals surface area contributed by atoms with Crippen molar-refractivity contribution in [2.75, 3.05) is 17.2 Å². The summed E-state index contributed by atoms with van der Waals surface area (Å²) in [6.07, 6.45) is 5.23. The van der Waals surface area contributed by atoms with Gasteiger partial charge in [0.25, 0.3) is 5.91 Å². The van der Waals surface area contributed by atoms with Crippen LogP contribution in [0.3, 0.4) is 0 Å². The minimum atomic E-state index is -0.129. The lowest BCUT2D eigenvalue weighted by atomic mass is 9.77. The molecule has 0 radical (unpaired) electrons. The fraction of sp³-hybridized carbons (Fsp3) is 0.231. The van der Waals surface area contributed by atoms with Crippen LogP contribution in [-0.4, -0.2) is 32.3 Å². The third kappa shape index (κ3) is 4.68. The highest BCUT2D eigenvalue weighted by molar-refractivity contribution is 7.99. The van der Waals surface area contributed by atoms with Gasteiger partial charge in [-0.15, -0.1) is 0 Å². The Kier molecular flexibility index (Phi) is 6.31. The van der Waals surface area contributed by atoms with E-state index in [2.05, 4.69) is 40.3 Å². The molecule has 172 valence electrons. The molecule has 1 fully saturated rings. The summed E-state index contributed by atoms with van der Waals surface area (Å²) in [6, 6.07) is 21.8. The van der Waals surface area contributed by atoms with Gasteiger partial charge in [0.05, 0.1) is 17.5 Å². The van der Waals surface area contributed by atoms with E-state index in [1.54, 1.807) is 5.01 Å². The predicted molar refractivity (Wildman–Crippen MR) is 137 cm³/mol. The van der Waals surface area contributed by atoms with Crippen LogP contribution in [0.5, 0.6) is 0 Å². The van der Waals surface area contributed by atoms with Crippen molar-refractivity contribution in [3.63, 3.8) is 0 Å². The highest BCUT2D eigenvalue weighted by Gasteiger charge is 2.43. The lowest BCUT2D eigenvalue weighted by molar-refractivity contribution is -0.130. The van der Waals surface area contributed by atoms with Crippen molar-refractivity contribution in [3.05, 3.63) is 83.4 Å². The van der Waals surface area contributed by atoms with Crippen LogP contribution in [0.15, 0.2) is 82.6 Å². The number of benzene rings is 2. The number of rotatable bonds is 5. The van der Waals surface area contributed by atoms with E-state index in [4.69, 9.17) is 16.6 Å². The van der Waals surface area contributed by atoms with Crippen molar-refractivity contribution in [2.24, 2.45) is 11.0 Å². The molecule has 1 aliphatic heterocycles. The molecule has 1 amide bonds. The number of allylic oxidation sites excluding steroid dienone is 1. The normalized spacial score (nSPS) is 20.8. The number of fused-ring (bicyclic) bond motifs is 1. The zero-order chi connectivity index (χ0) is 23.5. The number of nitrogens with zero attached hydrogens (tertiary/aromatic N) is 4. The van der Waals surface area contributed by atoms with Gasteiger partial charge in [-0.3, -0.25) is 4.79 Å². The third-order valence-electron chi connectivity index (χ3n) is 6.11. The predicted octanol–water partition coefficient (Wildman–Crippen LogP) is 4.56. The van der Waals surface area contributed by atoms with Gasteiger partial charge in [-0.25, -0.2) is 15.0 Å². The van der Waals surface area contributed by atoms with Gasteiger partial charge in [-0.05, 0) is 42.0 Å². The highest BCUT2D eigenvalue weighted by Crippen LogP contribution is 2.44. The molecule has 8 heteroatoms. The molecule has 5 rings (SSSR count). The SMILES string of the molecule is Nc1cc(N)nc(SCC(=O)N2N=C3C(=Cc4ccccc4)CCCC3C2c2ccccc2)n1. The summed E-state index contributed by atoms with van der Waals surface area (Å²) in [5.74, 6) is 0.789. The Morgan fingerprint density at radius 2 is 1.71 bits per heavy atom. The van der Waals surface area contributed by atoms with Crippen LogP contribution in [0.4, 0.5) is 11.6 Å². The number of anilines is 2. The van der Waals surface area contributed by atoms with E-state index in [0.29, 0.717) is 5.16 Å². The molecule has 2 unspecified atom stereocenters. The van der Waals surface area contributed by atoms with E-state index in [1.807, 2.05) is 36.4 Å². The number of carbonyl (C=O) groups is 1. The summed E-state index contributed by atoms with van der Waals surface area (Å²) >= 11 is 1.22. The van der Waals surface area contributed by atoms with Crippen molar-refractivity contribution in [3.8, 4) is 0 Å². The van der Waals surface area contributed by atoms with Gasteiger partial charge in [-0.1, -0.05) is 72.4 Å². The molecule has 34 heavy (non-hydrogen) atoms. The minimum Gasteiger partial charge on any atom is -0.383 e. The minimum absolute atomic E-state index is 0.0931. The molecule has 0 bridgehead atoms. The van der Waals surface area contributed by atoms with Crippen molar-refractivity contribution in [1.29, 1.82) is 0 Å². The smallest absolute Gasteiger partial charge is 0.253 e. The maximum Gasteiger partial charge on any atom is 0.253 e. The second-order valence-electron chi connectivity index (χ2n) is 8.45. The van der Waals surface area contributed by atoms with E-state index in [9.17, 15) is 4.79 Å². The summed E-state index contributed by atoms with van der Waals surface area (Å²) in [5.41, 5.74) is 16.0. The van der Waals surface area contributed by atoms with E-state index in [0.717, 1.165) is 36.1 Å². The topological polar surface area (TPSA) is 110 Å². The lowest BCUT2D eigenvalue weighted by Gasteiger charge is -2.29. The molecule has 2 atom stereocenters. The van der Waals surface area contributed by atoms with Gasteiger partial charge in [-0.2, -0.15) is 5.10 Å².